The van der Waals surface area contributed by atoms with Gasteiger partial charge in [0, 0.05) is 12.0 Å². The molecule has 1 aliphatic rings. The fourth-order valence-corrected chi connectivity index (χ4v) is 2.66. The molecule has 0 atom stereocenters. The van der Waals surface area contributed by atoms with Crippen LogP contribution < -0.4 is 5.32 Å². The van der Waals surface area contributed by atoms with Crippen LogP contribution in [0, 0.1) is 0 Å². The number of aliphatic carboxylic acids is 1. The molecule has 1 aliphatic carbocycles. The van der Waals surface area contributed by atoms with E-state index < -0.39 is 30.0 Å². The molecule has 0 heterocycles. The summed E-state index contributed by atoms with van der Waals surface area (Å²) in [5.41, 5.74) is 0.123. The van der Waals surface area contributed by atoms with Crippen LogP contribution in [0.25, 0.3) is 0 Å². The predicted molar refractivity (Wildman–Crippen MR) is 77.1 cm³/mol. The molecule has 4 nitrogen and oxygen atoms in total. The van der Waals surface area contributed by atoms with Crippen molar-refractivity contribution in [2.75, 3.05) is 0 Å². The first-order chi connectivity index (χ1) is 10.7. The molecule has 0 radical (unpaired) electrons. The van der Waals surface area contributed by atoms with Crippen LogP contribution in [0.4, 0.5) is 13.2 Å². The molecule has 1 amide bonds. The Labute approximate surface area is 131 Å². The minimum Gasteiger partial charge on any atom is -0.481 e. The molecule has 0 aromatic heterocycles. The number of nitrogens with one attached hydrogen (secondary N) is 1. The van der Waals surface area contributed by atoms with Gasteiger partial charge < -0.3 is 10.4 Å². The fourth-order valence-electron chi connectivity index (χ4n) is 2.66. The van der Waals surface area contributed by atoms with E-state index in [1.807, 2.05) is 0 Å². The minimum absolute atomic E-state index is 0.123. The zero-order valence-electron chi connectivity index (χ0n) is 12.4. The number of halogens is 3. The Morgan fingerprint density at radius 2 is 1.78 bits per heavy atom. The maximum Gasteiger partial charge on any atom is 0.389 e. The number of carboxylic acids is 1. The van der Waals surface area contributed by atoms with E-state index in [-0.39, 0.29) is 12.8 Å². The topological polar surface area (TPSA) is 66.4 Å². The summed E-state index contributed by atoms with van der Waals surface area (Å²) < 4.78 is 36.5. The lowest BCUT2D eigenvalue weighted by atomic mass is 9.74. The smallest absolute Gasteiger partial charge is 0.389 e. The first-order valence-corrected chi connectivity index (χ1v) is 7.39. The van der Waals surface area contributed by atoms with Crippen LogP contribution in [-0.2, 0) is 11.2 Å². The maximum atomic E-state index is 12.2. The van der Waals surface area contributed by atoms with Gasteiger partial charge in [0.05, 0.1) is 12.0 Å². The summed E-state index contributed by atoms with van der Waals surface area (Å²) in [7, 11) is 0. The summed E-state index contributed by atoms with van der Waals surface area (Å²) in [6.07, 6.45) is -3.26. The molecule has 126 valence electrons. The SMILES string of the molecule is O=C(O)CC1(NC(=O)c2ccc(CCC(F)(F)F)cc2)CCC1. The summed E-state index contributed by atoms with van der Waals surface area (Å²) in [4.78, 5) is 23.1. The van der Waals surface area contributed by atoms with E-state index >= 15 is 0 Å². The molecule has 23 heavy (non-hydrogen) atoms. The van der Waals surface area contributed by atoms with Gasteiger partial charge in [0.2, 0.25) is 0 Å². The Hall–Kier alpha value is -2.05. The van der Waals surface area contributed by atoms with Crippen LogP contribution in [-0.4, -0.2) is 28.7 Å². The molecule has 0 unspecified atom stereocenters. The van der Waals surface area contributed by atoms with E-state index in [9.17, 15) is 22.8 Å². The lowest BCUT2D eigenvalue weighted by molar-refractivity contribution is -0.139. The number of alkyl halides is 3. The minimum atomic E-state index is -4.20. The van der Waals surface area contributed by atoms with E-state index in [2.05, 4.69) is 5.32 Å². The highest BCUT2D eigenvalue weighted by atomic mass is 19.4. The maximum absolute atomic E-state index is 12.2. The van der Waals surface area contributed by atoms with Crippen molar-refractivity contribution in [1.82, 2.24) is 5.32 Å². The largest absolute Gasteiger partial charge is 0.481 e. The van der Waals surface area contributed by atoms with Crippen molar-refractivity contribution in [2.24, 2.45) is 0 Å². The number of hydrogen-bond acceptors (Lipinski definition) is 2. The number of benzene rings is 1. The first-order valence-electron chi connectivity index (χ1n) is 7.39. The van der Waals surface area contributed by atoms with Gasteiger partial charge in [-0.15, -0.1) is 0 Å². The summed E-state index contributed by atoms with van der Waals surface area (Å²) in [6, 6.07) is 5.92. The van der Waals surface area contributed by atoms with Crippen molar-refractivity contribution in [2.45, 2.75) is 50.2 Å². The van der Waals surface area contributed by atoms with Gasteiger partial charge in [0.15, 0.2) is 0 Å². The summed E-state index contributed by atoms with van der Waals surface area (Å²) in [6.45, 7) is 0. The molecule has 1 saturated carbocycles. The van der Waals surface area contributed by atoms with Crippen molar-refractivity contribution in [3.05, 3.63) is 35.4 Å². The molecular weight excluding hydrogens is 311 g/mol. The summed E-state index contributed by atoms with van der Waals surface area (Å²) in [5, 5.41) is 11.7. The van der Waals surface area contributed by atoms with E-state index in [0.29, 0.717) is 24.0 Å². The summed E-state index contributed by atoms with van der Waals surface area (Å²) >= 11 is 0. The van der Waals surface area contributed by atoms with Crippen LogP contribution in [0.1, 0.15) is 48.0 Å². The second kappa shape index (κ2) is 6.60. The Bertz CT molecular complexity index is 577. The van der Waals surface area contributed by atoms with Crippen molar-refractivity contribution in [1.29, 1.82) is 0 Å². The van der Waals surface area contributed by atoms with Gasteiger partial charge in [-0.2, -0.15) is 13.2 Å². The van der Waals surface area contributed by atoms with Gasteiger partial charge in [0.25, 0.3) is 5.91 Å². The average molecular weight is 329 g/mol. The molecule has 0 bridgehead atoms. The van der Waals surface area contributed by atoms with Crippen molar-refractivity contribution in [3.8, 4) is 0 Å². The molecule has 2 rings (SSSR count). The van der Waals surface area contributed by atoms with Gasteiger partial charge in [-0.25, -0.2) is 0 Å². The van der Waals surface area contributed by atoms with Crippen LogP contribution in [0.5, 0.6) is 0 Å². The zero-order chi connectivity index (χ0) is 17.1. The number of carbonyl (C=O) groups is 2. The first kappa shape index (κ1) is 17.3. The quantitative estimate of drug-likeness (QED) is 0.841. The number of aryl methyl sites for hydroxylation is 1. The van der Waals surface area contributed by atoms with Crippen LogP contribution in [0.3, 0.4) is 0 Å². The number of carbonyl (C=O) groups excluding carboxylic acids is 1. The number of amides is 1. The van der Waals surface area contributed by atoms with E-state index in [1.54, 1.807) is 0 Å². The molecule has 1 aromatic carbocycles. The molecule has 1 aromatic rings. The molecule has 0 spiro atoms. The van der Waals surface area contributed by atoms with Gasteiger partial charge in [-0.1, -0.05) is 12.1 Å². The average Bonchev–Trinajstić information content (AvgIpc) is 2.42. The van der Waals surface area contributed by atoms with Crippen molar-refractivity contribution < 1.29 is 27.9 Å². The van der Waals surface area contributed by atoms with Crippen molar-refractivity contribution >= 4 is 11.9 Å². The lowest BCUT2D eigenvalue weighted by Gasteiger charge is -2.41. The number of rotatable bonds is 6. The van der Waals surface area contributed by atoms with Gasteiger partial charge in [0.1, 0.15) is 0 Å². The highest BCUT2D eigenvalue weighted by Gasteiger charge is 2.40. The van der Waals surface area contributed by atoms with E-state index in [0.717, 1.165) is 6.42 Å². The monoisotopic (exact) mass is 329 g/mol. The predicted octanol–water partition coefficient (Wildman–Crippen LogP) is 3.31. The van der Waals surface area contributed by atoms with Gasteiger partial charge in [-0.05, 0) is 43.4 Å². The Morgan fingerprint density at radius 3 is 2.22 bits per heavy atom. The van der Waals surface area contributed by atoms with Crippen LogP contribution in [0.15, 0.2) is 24.3 Å². The van der Waals surface area contributed by atoms with Gasteiger partial charge >= 0.3 is 12.1 Å². The number of hydrogen-bond donors (Lipinski definition) is 2. The third-order valence-corrected chi connectivity index (χ3v) is 4.09. The molecule has 1 fully saturated rings. The molecular formula is C16H18F3NO3. The standard InChI is InChI=1S/C16H18F3NO3/c17-16(18,19)9-6-11-2-4-12(5-3-11)14(23)20-15(7-1-8-15)10-13(21)22/h2-5H,1,6-10H2,(H,20,23)(H,21,22). The number of carboxylic acid groups (broad SMARTS) is 1. The van der Waals surface area contributed by atoms with Crippen molar-refractivity contribution in [3.63, 3.8) is 0 Å². The highest BCUT2D eigenvalue weighted by Crippen LogP contribution is 2.35. The third kappa shape index (κ3) is 4.97. The van der Waals surface area contributed by atoms with E-state index in [1.165, 1.54) is 24.3 Å². The lowest BCUT2D eigenvalue weighted by Crippen LogP contribution is -2.54. The highest BCUT2D eigenvalue weighted by molar-refractivity contribution is 5.95. The second-order valence-electron chi connectivity index (χ2n) is 5.97. The van der Waals surface area contributed by atoms with Crippen LogP contribution >= 0.6 is 0 Å². The Kier molecular flexibility index (Phi) is 4.97. The fraction of sp³-hybridized carbons (Fsp3) is 0.500. The molecule has 0 saturated heterocycles. The normalized spacial score (nSPS) is 16.5. The Morgan fingerprint density at radius 1 is 1.17 bits per heavy atom. The summed E-state index contributed by atoms with van der Waals surface area (Å²) in [5.74, 6) is -1.36. The Balaban J connectivity index is 1.96. The zero-order valence-corrected chi connectivity index (χ0v) is 12.4. The van der Waals surface area contributed by atoms with Gasteiger partial charge in [-0.3, -0.25) is 9.59 Å². The molecule has 0 aliphatic heterocycles. The molecule has 7 heteroatoms. The van der Waals surface area contributed by atoms with Crippen LogP contribution in [0.2, 0.25) is 0 Å². The second-order valence-corrected chi connectivity index (χ2v) is 5.97. The third-order valence-electron chi connectivity index (χ3n) is 4.09. The van der Waals surface area contributed by atoms with E-state index in [4.69, 9.17) is 5.11 Å². The molecule has 2 N–H and O–H groups in total.